The van der Waals surface area contributed by atoms with Crippen molar-refractivity contribution in [2.75, 3.05) is 20.2 Å². The molecule has 3 heteroatoms. The molecule has 0 rings (SSSR count). The van der Waals surface area contributed by atoms with Gasteiger partial charge in [-0.3, -0.25) is 0 Å². The standard InChI is InChI=1S/C9H21NOSi/c1-5-12(3,4)11-9-7-6-8-10-2/h5,10H,1,6-9H2,2-4H3. The fourth-order valence-corrected chi connectivity index (χ4v) is 1.59. The van der Waals surface area contributed by atoms with Gasteiger partial charge in [0.25, 0.3) is 0 Å². The molecule has 0 fully saturated rings. The van der Waals surface area contributed by atoms with Crippen LogP contribution in [-0.4, -0.2) is 28.5 Å². The van der Waals surface area contributed by atoms with E-state index in [9.17, 15) is 0 Å². The predicted molar refractivity (Wildman–Crippen MR) is 56.8 cm³/mol. The highest BCUT2D eigenvalue weighted by molar-refractivity contribution is 6.76. The average molecular weight is 187 g/mol. The topological polar surface area (TPSA) is 21.3 Å². The second-order valence-electron chi connectivity index (χ2n) is 3.47. The first-order chi connectivity index (χ1) is 5.62. The van der Waals surface area contributed by atoms with E-state index in [1.165, 1.54) is 6.42 Å². The molecule has 0 heterocycles. The van der Waals surface area contributed by atoms with Gasteiger partial charge in [0.2, 0.25) is 8.32 Å². The van der Waals surface area contributed by atoms with Crippen molar-refractivity contribution in [2.45, 2.75) is 25.9 Å². The quantitative estimate of drug-likeness (QED) is 0.486. The lowest BCUT2D eigenvalue weighted by atomic mass is 10.3. The highest BCUT2D eigenvalue weighted by atomic mass is 28.4. The van der Waals surface area contributed by atoms with Gasteiger partial charge in [0, 0.05) is 6.61 Å². The van der Waals surface area contributed by atoms with Crippen LogP contribution in [0.2, 0.25) is 13.1 Å². The third-order valence-corrected chi connectivity index (χ3v) is 3.72. The van der Waals surface area contributed by atoms with E-state index < -0.39 is 8.32 Å². The van der Waals surface area contributed by atoms with Gasteiger partial charge in [-0.15, -0.1) is 6.58 Å². The summed E-state index contributed by atoms with van der Waals surface area (Å²) in [6, 6.07) is 0. The Morgan fingerprint density at radius 1 is 1.42 bits per heavy atom. The number of nitrogens with one attached hydrogen (secondary N) is 1. The molecule has 0 aliphatic rings. The molecule has 12 heavy (non-hydrogen) atoms. The molecule has 72 valence electrons. The second-order valence-corrected chi connectivity index (χ2v) is 7.37. The molecule has 0 bridgehead atoms. The minimum Gasteiger partial charge on any atom is -0.414 e. The summed E-state index contributed by atoms with van der Waals surface area (Å²) < 4.78 is 5.72. The van der Waals surface area contributed by atoms with Crippen molar-refractivity contribution in [1.82, 2.24) is 5.32 Å². The summed E-state index contributed by atoms with van der Waals surface area (Å²) in [5, 5.41) is 3.11. The van der Waals surface area contributed by atoms with Gasteiger partial charge < -0.3 is 9.74 Å². The molecule has 0 unspecified atom stereocenters. The van der Waals surface area contributed by atoms with Crippen LogP contribution >= 0.6 is 0 Å². The van der Waals surface area contributed by atoms with Crippen LogP contribution in [0.4, 0.5) is 0 Å². The average Bonchev–Trinajstić information content (AvgIpc) is 2.04. The Hall–Kier alpha value is -0.123. The lowest BCUT2D eigenvalue weighted by Gasteiger charge is -2.17. The van der Waals surface area contributed by atoms with Crippen LogP contribution < -0.4 is 5.32 Å². The summed E-state index contributed by atoms with van der Waals surface area (Å²) in [5.41, 5.74) is 1.98. The zero-order valence-corrected chi connectivity index (χ0v) is 9.52. The Morgan fingerprint density at radius 2 is 2.08 bits per heavy atom. The summed E-state index contributed by atoms with van der Waals surface area (Å²) in [7, 11) is 0.481. The first-order valence-electron chi connectivity index (χ1n) is 4.54. The van der Waals surface area contributed by atoms with Crippen molar-refractivity contribution in [3.05, 3.63) is 12.3 Å². The van der Waals surface area contributed by atoms with Gasteiger partial charge in [-0.2, -0.15) is 0 Å². The van der Waals surface area contributed by atoms with Crippen molar-refractivity contribution >= 4 is 8.32 Å². The van der Waals surface area contributed by atoms with Gasteiger partial charge in [-0.1, -0.05) is 5.70 Å². The monoisotopic (exact) mass is 187 g/mol. The molecule has 0 atom stereocenters. The van der Waals surface area contributed by atoms with E-state index in [4.69, 9.17) is 4.43 Å². The minimum absolute atomic E-state index is 0.882. The Morgan fingerprint density at radius 3 is 2.58 bits per heavy atom. The van der Waals surface area contributed by atoms with Gasteiger partial charge in [0.1, 0.15) is 0 Å². The van der Waals surface area contributed by atoms with Crippen LogP contribution in [-0.2, 0) is 4.43 Å². The Balaban J connectivity index is 3.25. The van der Waals surface area contributed by atoms with E-state index >= 15 is 0 Å². The van der Waals surface area contributed by atoms with E-state index in [0.717, 1.165) is 19.6 Å². The number of rotatable bonds is 7. The zero-order chi connectivity index (χ0) is 9.45. The van der Waals surface area contributed by atoms with Gasteiger partial charge in [0.15, 0.2) is 0 Å². The van der Waals surface area contributed by atoms with Crippen LogP contribution in [0.25, 0.3) is 0 Å². The minimum atomic E-state index is -1.49. The smallest absolute Gasteiger partial charge is 0.210 e. The van der Waals surface area contributed by atoms with Crippen LogP contribution in [0.15, 0.2) is 12.3 Å². The van der Waals surface area contributed by atoms with E-state index in [1.807, 2.05) is 12.7 Å². The molecule has 2 nitrogen and oxygen atoms in total. The Kier molecular flexibility index (Phi) is 6.33. The predicted octanol–water partition coefficient (Wildman–Crippen LogP) is 1.93. The molecule has 0 aliphatic carbocycles. The maximum atomic E-state index is 5.72. The molecule has 0 amide bonds. The van der Waals surface area contributed by atoms with Crippen LogP contribution in [0.5, 0.6) is 0 Å². The lowest BCUT2D eigenvalue weighted by Crippen LogP contribution is -2.28. The Bertz CT molecular complexity index is 126. The van der Waals surface area contributed by atoms with E-state index in [1.54, 1.807) is 0 Å². The zero-order valence-electron chi connectivity index (χ0n) is 8.52. The van der Waals surface area contributed by atoms with Gasteiger partial charge in [-0.05, 0) is 39.5 Å². The maximum absolute atomic E-state index is 5.72. The van der Waals surface area contributed by atoms with E-state index in [0.29, 0.717) is 0 Å². The summed E-state index contributed by atoms with van der Waals surface area (Å²) in [5.74, 6) is 0. The van der Waals surface area contributed by atoms with Crippen molar-refractivity contribution in [3.63, 3.8) is 0 Å². The molecule has 0 saturated carbocycles. The van der Waals surface area contributed by atoms with Crippen LogP contribution in [0, 0.1) is 0 Å². The maximum Gasteiger partial charge on any atom is 0.210 e. The van der Waals surface area contributed by atoms with E-state index in [-0.39, 0.29) is 0 Å². The summed E-state index contributed by atoms with van der Waals surface area (Å²) in [4.78, 5) is 0. The van der Waals surface area contributed by atoms with Gasteiger partial charge in [0.05, 0.1) is 0 Å². The fourth-order valence-electron chi connectivity index (χ4n) is 0.798. The second kappa shape index (κ2) is 6.40. The molecule has 0 aromatic heterocycles. The first-order valence-corrected chi connectivity index (χ1v) is 7.53. The lowest BCUT2D eigenvalue weighted by molar-refractivity contribution is 0.303. The van der Waals surface area contributed by atoms with E-state index in [2.05, 4.69) is 25.0 Å². The highest BCUT2D eigenvalue weighted by Crippen LogP contribution is 2.05. The Labute approximate surface area is 77.1 Å². The molecule has 0 radical (unpaired) electrons. The molecule has 0 aromatic rings. The van der Waals surface area contributed by atoms with Crippen molar-refractivity contribution in [2.24, 2.45) is 0 Å². The summed E-state index contributed by atoms with van der Waals surface area (Å²) in [6.07, 6.45) is 2.34. The number of unbranched alkanes of at least 4 members (excludes halogenated alkanes) is 1. The first kappa shape index (κ1) is 11.9. The molecule has 0 aliphatic heterocycles. The van der Waals surface area contributed by atoms with Crippen molar-refractivity contribution in [3.8, 4) is 0 Å². The van der Waals surface area contributed by atoms with Gasteiger partial charge in [-0.25, -0.2) is 0 Å². The molecular weight excluding hydrogens is 166 g/mol. The highest BCUT2D eigenvalue weighted by Gasteiger charge is 2.16. The van der Waals surface area contributed by atoms with Crippen molar-refractivity contribution in [1.29, 1.82) is 0 Å². The third kappa shape index (κ3) is 6.58. The SMILES string of the molecule is C=C[Si](C)(C)OCCCCNC. The molecule has 0 saturated heterocycles. The fraction of sp³-hybridized carbons (Fsp3) is 0.778. The number of hydrogen-bond acceptors (Lipinski definition) is 2. The normalized spacial score (nSPS) is 11.6. The molecular formula is C9H21NOSi. The van der Waals surface area contributed by atoms with Crippen molar-refractivity contribution < 1.29 is 4.43 Å². The molecule has 1 N–H and O–H groups in total. The summed E-state index contributed by atoms with van der Waals surface area (Å²) in [6.45, 7) is 10.1. The summed E-state index contributed by atoms with van der Waals surface area (Å²) >= 11 is 0. The largest absolute Gasteiger partial charge is 0.414 e. The third-order valence-electron chi connectivity index (χ3n) is 1.79. The molecule has 0 spiro atoms. The van der Waals surface area contributed by atoms with Gasteiger partial charge >= 0.3 is 0 Å². The molecule has 0 aromatic carbocycles. The number of hydrogen-bond donors (Lipinski definition) is 1. The van der Waals surface area contributed by atoms with Crippen LogP contribution in [0.1, 0.15) is 12.8 Å². The van der Waals surface area contributed by atoms with Crippen LogP contribution in [0.3, 0.4) is 0 Å².